The molecule has 0 unspecified atom stereocenters. The summed E-state index contributed by atoms with van der Waals surface area (Å²) in [5.41, 5.74) is 3.78. The molecule has 1 aromatic carbocycles. The third-order valence-electron chi connectivity index (χ3n) is 4.49. The zero-order valence-corrected chi connectivity index (χ0v) is 17.3. The summed E-state index contributed by atoms with van der Waals surface area (Å²) in [6.45, 7) is 3.47. The number of benzene rings is 1. The van der Waals surface area contributed by atoms with Gasteiger partial charge in [0.25, 0.3) is 5.91 Å². The highest BCUT2D eigenvalue weighted by Gasteiger charge is 2.23. The van der Waals surface area contributed by atoms with E-state index < -0.39 is 0 Å². The van der Waals surface area contributed by atoms with Gasteiger partial charge in [0.15, 0.2) is 5.65 Å². The maximum absolute atomic E-state index is 13.2. The lowest BCUT2D eigenvalue weighted by atomic mass is 10.1. The van der Waals surface area contributed by atoms with Crippen LogP contribution in [-0.4, -0.2) is 45.4 Å². The highest BCUT2D eigenvalue weighted by atomic mass is 79.9. The first kappa shape index (κ1) is 18.3. The van der Waals surface area contributed by atoms with Crippen LogP contribution < -0.4 is 5.32 Å². The largest absolute Gasteiger partial charge is 0.354 e. The predicted molar refractivity (Wildman–Crippen MR) is 115 cm³/mol. The number of hydrogen-bond donors (Lipinski definition) is 1. The average Bonchev–Trinajstić information content (AvgIpc) is 2.68. The maximum atomic E-state index is 13.2. The predicted octanol–water partition coefficient (Wildman–Crippen LogP) is 4.63. The van der Waals surface area contributed by atoms with Crippen molar-refractivity contribution in [2.45, 2.75) is 6.92 Å². The summed E-state index contributed by atoms with van der Waals surface area (Å²) in [5.74, 6) is 1.96. The third kappa shape index (κ3) is 3.94. The Bertz CT molecular complexity index is 1000. The molecule has 4 rings (SSSR count). The molecule has 0 aliphatic carbocycles. The second-order valence-electron chi connectivity index (χ2n) is 6.41. The minimum atomic E-state index is 0.0165. The van der Waals surface area contributed by atoms with Gasteiger partial charge in [-0.3, -0.25) is 4.79 Å². The monoisotopic (exact) mass is 442 g/mol. The normalized spacial score (nSPS) is 14.4. The van der Waals surface area contributed by atoms with E-state index >= 15 is 0 Å². The molecule has 0 spiro atoms. The number of thioether (sulfide) groups is 1. The molecule has 2 aromatic heterocycles. The molecular weight excluding hydrogens is 424 g/mol. The molecule has 5 nitrogen and oxygen atoms in total. The van der Waals surface area contributed by atoms with Crippen LogP contribution in [0, 0.1) is 6.92 Å². The Labute approximate surface area is 170 Å². The zero-order chi connectivity index (χ0) is 18.8. The number of nitrogens with zero attached hydrogens (tertiary/aromatic N) is 3. The number of carbonyl (C=O) groups is 1. The summed E-state index contributed by atoms with van der Waals surface area (Å²) in [6.07, 6.45) is 1.65. The van der Waals surface area contributed by atoms with Crippen molar-refractivity contribution in [3.05, 3.63) is 58.3 Å². The fraction of sp³-hybridized carbons (Fsp3) is 0.250. The number of anilines is 2. The summed E-state index contributed by atoms with van der Waals surface area (Å²) in [7, 11) is 0. The van der Waals surface area contributed by atoms with Crippen molar-refractivity contribution in [1.29, 1.82) is 0 Å². The number of fused-ring (bicyclic) bond motifs is 1. The summed E-state index contributed by atoms with van der Waals surface area (Å²) in [5, 5.41) is 4.28. The quantitative estimate of drug-likeness (QED) is 0.640. The van der Waals surface area contributed by atoms with Crippen molar-refractivity contribution < 1.29 is 4.79 Å². The van der Waals surface area contributed by atoms with Gasteiger partial charge < -0.3 is 10.2 Å². The average molecular weight is 443 g/mol. The highest BCUT2D eigenvalue weighted by molar-refractivity contribution is 9.10. The fourth-order valence-corrected chi connectivity index (χ4v) is 4.42. The second-order valence-corrected chi connectivity index (χ2v) is 8.55. The van der Waals surface area contributed by atoms with E-state index in [4.69, 9.17) is 0 Å². The van der Waals surface area contributed by atoms with Crippen LogP contribution >= 0.6 is 27.7 Å². The molecule has 0 radical (unpaired) electrons. The van der Waals surface area contributed by atoms with Crippen LogP contribution in [0.2, 0.25) is 0 Å². The molecule has 1 aliphatic heterocycles. The number of aryl methyl sites for hydroxylation is 1. The summed E-state index contributed by atoms with van der Waals surface area (Å²) >= 11 is 5.39. The number of halogens is 1. The minimum absolute atomic E-state index is 0.0165. The standard InChI is InChI=1S/C20H19BrN4OS/c1-13-5-6-16-18(24-15-4-2-3-14(21)11-15)17(12-22-19(16)23-13)20(26)25-7-9-27-10-8-25/h2-6,11-12H,7-10H2,1H3,(H,22,23,24). The van der Waals surface area contributed by atoms with E-state index in [9.17, 15) is 4.79 Å². The van der Waals surface area contributed by atoms with Crippen LogP contribution in [0.4, 0.5) is 11.4 Å². The van der Waals surface area contributed by atoms with Gasteiger partial charge in [-0.15, -0.1) is 0 Å². The molecule has 0 saturated carbocycles. The van der Waals surface area contributed by atoms with Gasteiger partial charge in [0.1, 0.15) is 0 Å². The zero-order valence-electron chi connectivity index (χ0n) is 14.9. The minimum Gasteiger partial charge on any atom is -0.354 e. The number of amides is 1. The molecule has 1 aliphatic rings. The molecule has 0 atom stereocenters. The molecule has 1 amide bonds. The molecular formula is C20H19BrN4OS. The van der Waals surface area contributed by atoms with Crippen LogP contribution in [0.25, 0.3) is 11.0 Å². The number of carbonyl (C=O) groups excluding carboxylic acids is 1. The van der Waals surface area contributed by atoms with Crippen molar-refractivity contribution in [3.8, 4) is 0 Å². The van der Waals surface area contributed by atoms with Crippen molar-refractivity contribution >= 4 is 56.0 Å². The summed E-state index contributed by atoms with van der Waals surface area (Å²) < 4.78 is 0.973. The third-order valence-corrected chi connectivity index (χ3v) is 5.93. The molecule has 3 heterocycles. The topological polar surface area (TPSA) is 58.1 Å². The lowest BCUT2D eigenvalue weighted by Crippen LogP contribution is -2.38. The number of hydrogen-bond acceptors (Lipinski definition) is 5. The lowest BCUT2D eigenvalue weighted by molar-refractivity contribution is 0.0773. The van der Waals surface area contributed by atoms with E-state index in [-0.39, 0.29) is 5.91 Å². The molecule has 27 heavy (non-hydrogen) atoms. The smallest absolute Gasteiger partial charge is 0.257 e. The van der Waals surface area contributed by atoms with Gasteiger partial charge >= 0.3 is 0 Å². The number of nitrogens with one attached hydrogen (secondary N) is 1. The molecule has 138 valence electrons. The van der Waals surface area contributed by atoms with Crippen molar-refractivity contribution in [2.24, 2.45) is 0 Å². The lowest BCUT2D eigenvalue weighted by Gasteiger charge is -2.27. The Kier molecular flexibility index (Phi) is 5.31. The maximum Gasteiger partial charge on any atom is 0.257 e. The van der Waals surface area contributed by atoms with E-state index in [0.29, 0.717) is 11.2 Å². The van der Waals surface area contributed by atoms with Crippen LogP contribution in [0.1, 0.15) is 16.1 Å². The highest BCUT2D eigenvalue weighted by Crippen LogP contribution is 2.31. The van der Waals surface area contributed by atoms with Crippen LogP contribution in [-0.2, 0) is 0 Å². The molecule has 1 fully saturated rings. The first-order valence-electron chi connectivity index (χ1n) is 8.78. The Morgan fingerprint density at radius 3 is 2.81 bits per heavy atom. The van der Waals surface area contributed by atoms with E-state index in [2.05, 4.69) is 31.2 Å². The molecule has 7 heteroatoms. The Morgan fingerprint density at radius 1 is 1.22 bits per heavy atom. The Hall–Kier alpha value is -2.12. The first-order valence-corrected chi connectivity index (χ1v) is 10.7. The van der Waals surface area contributed by atoms with Gasteiger partial charge in [0.2, 0.25) is 0 Å². The molecule has 1 N–H and O–H groups in total. The van der Waals surface area contributed by atoms with Gasteiger partial charge in [-0.2, -0.15) is 11.8 Å². The van der Waals surface area contributed by atoms with Gasteiger partial charge in [0, 0.05) is 52.0 Å². The van der Waals surface area contributed by atoms with Crippen LogP contribution in [0.15, 0.2) is 47.1 Å². The number of pyridine rings is 2. The fourth-order valence-electron chi connectivity index (χ4n) is 3.12. The Balaban J connectivity index is 1.82. The van der Waals surface area contributed by atoms with E-state index in [1.807, 2.05) is 60.0 Å². The summed E-state index contributed by atoms with van der Waals surface area (Å²) in [6, 6.07) is 11.8. The SMILES string of the molecule is Cc1ccc2c(Nc3cccc(Br)c3)c(C(=O)N3CCSCC3)cnc2n1. The van der Waals surface area contributed by atoms with E-state index in [1.165, 1.54) is 0 Å². The Morgan fingerprint density at radius 2 is 2.04 bits per heavy atom. The van der Waals surface area contributed by atoms with Crippen LogP contribution in [0.3, 0.4) is 0 Å². The van der Waals surface area contributed by atoms with Gasteiger partial charge in [-0.1, -0.05) is 22.0 Å². The van der Waals surface area contributed by atoms with Gasteiger partial charge in [-0.05, 0) is 37.3 Å². The molecule has 0 bridgehead atoms. The molecule has 1 saturated heterocycles. The molecule has 3 aromatic rings. The number of rotatable bonds is 3. The summed E-state index contributed by atoms with van der Waals surface area (Å²) in [4.78, 5) is 24.1. The first-order chi connectivity index (χ1) is 13.1. The van der Waals surface area contributed by atoms with Gasteiger partial charge in [0.05, 0.1) is 11.3 Å². The van der Waals surface area contributed by atoms with Crippen LogP contribution in [0.5, 0.6) is 0 Å². The van der Waals surface area contributed by atoms with Gasteiger partial charge in [-0.25, -0.2) is 9.97 Å². The van der Waals surface area contributed by atoms with E-state index in [1.54, 1.807) is 6.20 Å². The van der Waals surface area contributed by atoms with Crippen molar-refractivity contribution in [1.82, 2.24) is 14.9 Å². The van der Waals surface area contributed by atoms with Crippen molar-refractivity contribution in [2.75, 3.05) is 29.9 Å². The van der Waals surface area contributed by atoms with Crippen molar-refractivity contribution in [3.63, 3.8) is 0 Å². The second kappa shape index (κ2) is 7.86. The van der Waals surface area contributed by atoms with E-state index in [0.717, 1.165) is 51.5 Å². The number of aromatic nitrogens is 2.